The number of quaternary nitrogens is 1. The van der Waals surface area contributed by atoms with Gasteiger partial charge in [-0.15, -0.1) is 0 Å². The quantitative estimate of drug-likeness (QED) is 0.875. The van der Waals surface area contributed by atoms with Gasteiger partial charge in [-0.1, -0.05) is 60.7 Å². The van der Waals surface area contributed by atoms with Crippen LogP contribution in [-0.2, 0) is 4.74 Å². The fourth-order valence-corrected chi connectivity index (χ4v) is 3.17. The summed E-state index contributed by atoms with van der Waals surface area (Å²) < 4.78 is 5.45. The smallest absolute Gasteiger partial charge is 0.101 e. The van der Waals surface area contributed by atoms with Gasteiger partial charge in [0.15, 0.2) is 0 Å². The number of hydrogen-bond donors (Lipinski definition) is 2. The lowest BCUT2D eigenvalue weighted by Gasteiger charge is -2.30. The topological polar surface area (TPSA) is 33.9 Å². The minimum absolute atomic E-state index is 0.108. The Kier molecular flexibility index (Phi) is 5.22. The number of aliphatic hydroxyl groups is 1. The first kappa shape index (κ1) is 15.2. The molecule has 0 amide bonds. The average molecular weight is 298 g/mol. The Balaban J connectivity index is 1.82. The van der Waals surface area contributed by atoms with Crippen LogP contribution in [-0.4, -0.2) is 38.0 Å². The molecule has 1 aliphatic heterocycles. The molecule has 2 unspecified atom stereocenters. The summed E-state index contributed by atoms with van der Waals surface area (Å²) in [5.74, 6) is 0.108. The van der Waals surface area contributed by atoms with Gasteiger partial charge in [0, 0.05) is 0 Å². The molecule has 2 atom stereocenters. The molecule has 2 aromatic carbocycles. The summed E-state index contributed by atoms with van der Waals surface area (Å²) in [6, 6.07) is 20.4. The van der Waals surface area contributed by atoms with Crippen LogP contribution in [0, 0.1) is 0 Å². The van der Waals surface area contributed by atoms with Crippen molar-refractivity contribution in [3.63, 3.8) is 0 Å². The molecular weight excluding hydrogens is 274 g/mol. The van der Waals surface area contributed by atoms with Crippen molar-refractivity contribution in [3.05, 3.63) is 71.8 Å². The van der Waals surface area contributed by atoms with Gasteiger partial charge in [-0.25, -0.2) is 0 Å². The highest BCUT2D eigenvalue weighted by molar-refractivity contribution is 5.26. The lowest BCUT2D eigenvalue weighted by Crippen LogP contribution is -3.14. The first-order valence-corrected chi connectivity index (χ1v) is 8.04. The molecule has 0 spiro atoms. The number of aliphatic hydroxyl groups excluding tert-OH is 1. The first-order chi connectivity index (χ1) is 10.8. The molecule has 22 heavy (non-hydrogen) atoms. The standard InChI is InChI=1S/C19H23NO2/c21-19(17-9-5-2-6-10-17)18(16-7-3-1-4-8-16)15-20-11-13-22-14-12-20/h1-10,18-19,21H,11-15H2/p+1. The van der Waals surface area contributed by atoms with Crippen molar-refractivity contribution in [2.24, 2.45) is 0 Å². The second-order valence-corrected chi connectivity index (χ2v) is 5.94. The highest BCUT2D eigenvalue weighted by Crippen LogP contribution is 2.29. The highest BCUT2D eigenvalue weighted by atomic mass is 16.5. The molecule has 2 aromatic rings. The van der Waals surface area contributed by atoms with Gasteiger partial charge in [0.1, 0.15) is 13.1 Å². The van der Waals surface area contributed by atoms with Crippen LogP contribution in [0.2, 0.25) is 0 Å². The number of hydrogen-bond acceptors (Lipinski definition) is 2. The van der Waals surface area contributed by atoms with Gasteiger partial charge < -0.3 is 14.7 Å². The molecule has 116 valence electrons. The fourth-order valence-electron chi connectivity index (χ4n) is 3.17. The van der Waals surface area contributed by atoms with Crippen LogP contribution in [0.25, 0.3) is 0 Å². The van der Waals surface area contributed by atoms with Crippen molar-refractivity contribution in [2.45, 2.75) is 12.0 Å². The van der Waals surface area contributed by atoms with E-state index < -0.39 is 6.10 Å². The highest BCUT2D eigenvalue weighted by Gasteiger charge is 2.28. The van der Waals surface area contributed by atoms with E-state index in [2.05, 4.69) is 24.3 Å². The maximum atomic E-state index is 10.9. The molecule has 2 N–H and O–H groups in total. The Morgan fingerprint density at radius 2 is 1.41 bits per heavy atom. The SMILES string of the molecule is OC(c1ccccc1)C(C[NH+]1CCOCC1)c1ccccc1. The Hall–Kier alpha value is -1.68. The van der Waals surface area contributed by atoms with E-state index in [9.17, 15) is 5.11 Å². The predicted molar refractivity (Wildman–Crippen MR) is 87.0 cm³/mol. The third-order valence-corrected chi connectivity index (χ3v) is 4.46. The zero-order valence-electron chi connectivity index (χ0n) is 12.8. The normalized spacial score (nSPS) is 18.8. The van der Waals surface area contributed by atoms with Crippen molar-refractivity contribution >= 4 is 0 Å². The van der Waals surface area contributed by atoms with Gasteiger partial charge in [0.2, 0.25) is 0 Å². The van der Waals surface area contributed by atoms with Crippen LogP contribution in [0.1, 0.15) is 23.1 Å². The molecular formula is C19H24NO2+. The van der Waals surface area contributed by atoms with Crippen LogP contribution in [0.15, 0.2) is 60.7 Å². The Labute approximate surface area is 132 Å². The Bertz CT molecular complexity index is 552. The third-order valence-electron chi connectivity index (χ3n) is 4.46. The molecule has 0 aromatic heterocycles. The molecule has 1 aliphatic rings. The molecule has 3 nitrogen and oxygen atoms in total. The molecule has 1 fully saturated rings. The van der Waals surface area contributed by atoms with E-state index in [0.717, 1.165) is 38.4 Å². The molecule has 3 rings (SSSR count). The first-order valence-electron chi connectivity index (χ1n) is 8.04. The van der Waals surface area contributed by atoms with E-state index in [0.29, 0.717) is 0 Å². The van der Waals surface area contributed by atoms with E-state index >= 15 is 0 Å². The van der Waals surface area contributed by atoms with Gasteiger partial charge in [0.05, 0.1) is 31.8 Å². The number of morpholine rings is 1. The van der Waals surface area contributed by atoms with Crippen LogP contribution in [0.4, 0.5) is 0 Å². The lowest BCUT2D eigenvalue weighted by atomic mass is 9.88. The lowest BCUT2D eigenvalue weighted by molar-refractivity contribution is -0.909. The minimum atomic E-state index is -0.473. The molecule has 1 saturated heterocycles. The van der Waals surface area contributed by atoms with E-state index in [4.69, 9.17) is 4.74 Å². The van der Waals surface area contributed by atoms with Crippen molar-refractivity contribution < 1.29 is 14.7 Å². The fraction of sp³-hybridized carbons (Fsp3) is 0.368. The van der Waals surface area contributed by atoms with Gasteiger partial charge in [-0.2, -0.15) is 0 Å². The molecule has 0 saturated carbocycles. The summed E-state index contributed by atoms with van der Waals surface area (Å²) in [6.45, 7) is 4.61. The van der Waals surface area contributed by atoms with Crippen molar-refractivity contribution in [3.8, 4) is 0 Å². The maximum Gasteiger partial charge on any atom is 0.101 e. The van der Waals surface area contributed by atoms with Gasteiger partial charge in [-0.05, 0) is 11.1 Å². The largest absolute Gasteiger partial charge is 0.388 e. The molecule has 0 radical (unpaired) electrons. The van der Waals surface area contributed by atoms with Crippen LogP contribution < -0.4 is 4.90 Å². The molecule has 0 bridgehead atoms. The summed E-state index contributed by atoms with van der Waals surface area (Å²) in [7, 11) is 0. The number of rotatable bonds is 5. The third kappa shape index (κ3) is 3.74. The zero-order valence-corrected chi connectivity index (χ0v) is 12.8. The summed E-state index contributed by atoms with van der Waals surface area (Å²) in [6.07, 6.45) is -0.473. The molecule has 1 heterocycles. The Morgan fingerprint density at radius 3 is 2.00 bits per heavy atom. The van der Waals surface area contributed by atoms with Crippen molar-refractivity contribution in [2.75, 3.05) is 32.8 Å². The van der Waals surface area contributed by atoms with E-state index in [1.54, 1.807) is 0 Å². The van der Waals surface area contributed by atoms with Gasteiger partial charge in [-0.3, -0.25) is 0 Å². The van der Waals surface area contributed by atoms with E-state index in [1.807, 2.05) is 36.4 Å². The summed E-state index contributed by atoms with van der Waals surface area (Å²) in [4.78, 5) is 1.51. The zero-order chi connectivity index (χ0) is 15.2. The summed E-state index contributed by atoms with van der Waals surface area (Å²) in [5.41, 5.74) is 2.20. The maximum absolute atomic E-state index is 10.9. The monoisotopic (exact) mass is 298 g/mol. The van der Waals surface area contributed by atoms with Crippen LogP contribution in [0.3, 0.4) is 0 Å². The predicted octanol–water partition coefficient (Wildman–Crippen LogP) is 1.42. The second-order valence-electron chi connectivity index (χ2n) is 5.94. The van der Waals surface area contributed by atoms with E-state index in [1.165, 1.54) is 10.5 Å². The van der Waals surface area contributed by atoms with E-state index in [-0.39, 0.29) is 5.92 Å². The number of benzene rings is 2. The molecule has 0 aliphatic carbocycles. The number of nitrogens with one attached hydrogen (secondary N) is 1. The summed E-state index contributed by atoms with van der Waals surface area (Å²) >= 11 is 0. The van der Waals surface area contributed by atoms with Crippen LogP contribution in [0.5, 0.6) is 0 Å². The van der Waals surface area contributed by atoms with Gasteiger partial charge in [0.25, 0.3) is 0 Å². The summed E-state index contributed by atoms with van der Waals surface area (Å²) in [5, 5.41) is 10.9. The van der Waals surface area contributed by atoms with Crippen molar-refractivity contribution in [1.29, 1.82) is 0 Å². The number of ether oxygens (including phenoxy) is 1. The Morgan fingerprint density at radius 1 is 0.864 bits per heavy atom. The average Bonchev–Trinajstić information content (AvgIpc) is 2.61. The molecule has 3 heteroatoms. The van der Waals surface area contributed by atoms with Crippen LogP contribution >= 0.6 is 0 Å². The van der Waals surface area contributed by atoms with Crippen molar-refractivity contribution in [1.82, 2.24) is 0 Å². The second kappa shape index (κ2) is 7.54. The van der Waals surface area contributed by atoms with Gasteiger partial charge >= 0.3 is 0 Å². The minimum Gasteiger partial charge on any atom is -0.388 e.